The van der Waals surface area contributed by atoms with E-state index < -0.39 is 110 Å². The van der Waals surface area contributed by atoms with Gasteiger partial charge in [0.15, 0.2) is 24.0 Å². The molecule has 0 saturated carbocycles. The quantitative estimate of drug-likeness (QED) is 0.0198. The van der Waals surface area contributed by atoms with Crippen LogP contribution in [0.1, 0.15) is 92.9 Å². The highest BCUT2D eigenvalue weighted by Crippen LogP contribution is 2.34. The number of unbranched alkanes of at least 4 members (excludes halogenated alkanes) is 3. The van der Waals surface area contributed by atoms with Gasteiger partial charge in [-0.2, -0.15) is 5.01 Å². The predicted molar refractivity (Wildman–Crippen MR) is 272 cm³/mol. The number of hydrazine groups is 2. The van der Waals surface area contributed by atoms with Crippen molar-refractivity contribution in [3.8, 4) is 17.2 Å². The van der Waals surface area contributed by atoms with E-state index in [1.165, 1.54) is 22.2 Å². The van der Waals surface area contributed by atoms with Gasteiger partial charge in [-0.25, -0.2) is 30.2 Å². The molecule has 0 aromatic heterocycles. The zero-order valence-electron chi connectivity index (χ0n) is 43.7. The van der Waals surface area contributed by atoms with Gasteiger partial charge in [-0.15, -0.1) is 0 Å². The van der Waals surface area contributed by atoms with Gasteiger partial charge in [0.1, 0.15) is 55.3 Å². The number of nitrogens with one attached hydrogen (secondary N) is 7. The van der Waals surface area contributed by atoms with E-state index in [0.717, 1.165) is 5.56 Å². The largest absolute Gasteiger partial charge is 0.508 e. The van der Waals surface area contributed by atoms with E-state index >= 15 is 0 Å². The second-order valence-corrected chi connectivity index (χ2v) is 19.3. The van der Waals surface area contributed by atoms with Crippen LogP contribution in [0.25, 0.3) is 0 Å². The third-order valence-electron chi connectivity index (χ3n) is 13.1. The molecule has 16 N–H and O–H groups in total. The lowest BCUT2D eigenvalue weighted by atomic mass is 9.96. The van der Waals surface area contributed by atoms with E-state index in [9.17, 15) is 84.0 Å². The van der Waals surface area contributed by atoms with Gasteiger partial charge >= 0.3 is 35.9 Å². The zero-order chi connectivity index (χ0) is 58.5. The third-order valence-corrected chi connectivity index (χ3v) is 13.1. The maximum absolute atomic E-state index is 12.9. The van der Waals surface area contributed by atoms with Gasteiger partial charge in [0.25, 0.3) is 0 Å². The van der Waals surface area contributed by atoms with E-state index in [4.69, 9.17) is 19.3 Å². The number of aromatic hydroxyl groups is 2. The summed E-state index contributed by atoms with van der Waals surface area (Å²) in [6, 6.07) is 2.58. The fourth-order valence-electron chi connectivity index (χ4n) is 8.75. The number of rotatable bonds is 32. The number of phenolic OH excluding ortho intramolecular Hbond substituents is 2. The van der Waals surface area contributed by atoms with Crippen molar-refractivity contribution in [2.24, 2.45) is 0 Å². The first kappa shape index (κ1) is 63.5. The highest BCUT2D eigenvalue weighted by Gasteiger charge is 2.44. The second-order valence-electron chi connectivity index (χ2n) is 19.3. The van der Waals surface area contributed by atoms with Crippen LogP contribution < -0.4 is 42.2 Å². The Kier molecular flexibility index (Phi) is 25.0. The molecule has 3 aliphatic heterocycles. The summed E-state index contributed by atoms with van der Waals surface area (Å²) in [7, 11) is 0. The van der Waals surface area contributed by atoms with Crippen LogP contribution in [0, 0.1) is 0 Å². The SMILES string of the molecule is O=C(O)CC[C@H](NC(=O)N[C@@H](CCCCNC(=O)CCCCCNC(=O)CCc1ccc(O)c(CNN2CC(=O)O[C@H]2CNN2CC(=O)Oc3cc(CCC(=O)N[C@@H]4[C@@H](O)[C@@H](O)[C@@H](CO)O[C@H]4O)cc(c3O)C2)c1)C(=O)O)C(=O)O. The first-order chi connectivity index (χ1) is 38.1. The van der Waals surface area contributed by atoms with E-state index in [1.807, 2.05) is 0 Å². The number of carboxylic acid groups (broad SMARTS) is 3. The zero-order valence-corrected chi connectivity index (χ0v) is 43.7. The third kappa shape index (κ3) is 20.4. The number of phenols is 2. The lowest BCUT2D eigenvalue weighted by Gasteiger charge is -2.40. The highest BCUT2D eigenvalue weighted by atomic mass is 16.6. The van der Waals surface area contributed by atoms with Crippen LogP contribution in [0.3, 0.4) is 0 Å². The van der Waals surface area contributed by atoms with E-state index in [2.05, 4.69) is 37.4 Å². The van der Waals surface area contributed by atoms with Gasteiger partial charge in [-0.1, -0.05) is 24.6 Å². The average molecular weight is 1130 g/mol. The number of aliphatic carboxylic acids is 3. The molecule has 0 unspecified atom stereocenters. The second kappa shape index (κ2) is 31.5. The lowest BCUT2D eigenvalue weighted by Crippen LogP contribution is -2.64. The Balaban J connectivity index is 0.968. The summed E-state index contributed by atoms with van der Waals surface area (Å²) >= 11 is 0. The highest BCUT2D eigenvalue weighted by molar-refractivity contribution is 5.86. The summed E-state index contributed by atoms with van der Waals surface area (Å²) in [4.78, 5) is 109. The number of benzene rings is 2. The van der Waals surface area contributed by atoms with Crippen LogP contribution in [-0.4, -0.2) is 198 Å². The normalized spacial score (nSPS) is 20.9. The van der Waals surface area contributed by atoms with Crippen molar-refractivity contribution >= 4 is 53.6 Å². The molecule has 2 saturated heterocycles. The van der Waals surface area contributed by atoms with Crippen molar-refractivity contribution < 1.29 is 103 Å². The Morgan fingerprint density at radius 2 is 1.35 bits per heavy atom. The number of cyclic esters (lactones) is 1. The van der Waals surface area contributed by atoms with Crippen molar-refractivity contribution in [1.82, 2.24) is 47.5 Å². The molecule has 442 valence electrons. The lowest BCUT2D eigenvalue weighted by molar-refractivity contribution is -0.253. The van der Waals surface area contributed by atoms with Gasteiger partial charge in [0, 0.05) is 63.0 Å². The molecule has 0 aliphatic carbocycles. The maximum Gasteiger partial charge on any atom is 0.327 e. The summed E-state index contributed by atoms with van der Waals surface area (Å²) in [6.45, 7) is -0.497. The molecule has 3 aliphatic rings. The standard InChI is InChI=1S/C50H71N9O21/c60-26-35-45(70)46(71)43(49(76)79-35)57-38(64)14-10-28-19-30-23-58(24-41(67)78-34(20-28)44(30)69)53-22-39-59(25-42(68)80-39)54-21-29-18-27(8-12-33(29)61)9-13-37(63)52-16-4-1-2-7-36(62)51-17-5-3-6-31(47(72)73)55-50(77)56-32(48(74)75)11-15-40(65)66/h8,12,18-20,31-32,35,39,43,45-46,49,53-54,60-61,69-71,76H,1-7,9-11,13-17,21-26H2,(H,51,62)(H,52,63)(H,57,64)(H,65,66)(H,72,73)(H,74,75)(H2,55,56,77)/t31-,32-,35+,39-,43+,45-,46+,49+/m0/s1. The molecule has 2 aromatic rings. The summed E-state index contributed by atoms with van der Waals surface area (Å²) in [5, 5.41) is 104. The molecule has 30 nitrogen and oxygen atoms in total. The van der Waals surface area contributed by atoms with Gasteiger partial charge in [-0.05, 0) is 74.6 Å². The summed E-state index contributed by atoms with van der Waals surface area (Å²) in [6.07, 6.45) is -4.82. The van der Waals surface area contributed by atoms with E-state index in [1.54, 1.807) is 18.2 Å². The molecule has 2 bridgehead atoms. The molecule has 80 heavy (non-hydrogen) atoms. The molecule has 5 rings (SSSR count). The first-order valence-corrected chi connectivity index (χ1v) is 26.0. The number of aryl methyl sites for hydroxylation is 2. The Hall–Kier alpha value is -7.29. The van der Waals surface area contributed by atoms with Gasteiger partial charge in [0.05, 0.1) is 13.2 Å². The summed E-state index contributed by atoms with van der Waals surface area (Å²) in [5.74, 6) is -6.90. The van der Waals surface area contributed by atoms with Crippen molar-refractivity contribution in [2.75, 3.05) is 39.3 Å². The maximum atomic E-state index is 12.9. The molecule has 8 atom stereocenters. The molecule has 30 heteroatoms. The molecule has 3 heterocycles. The first-order valence-electron chi connectivity index (χ1n) is 26.0. The summed E-state index contributed by atoms with van der Waals surface area (Å²) in [5.41, 5.74) is 8.17. The minimum Gasteiger partial charge on any atom is -0.508 e. The number of amides is 5. The van der Waals surface area contributed by atoms with E-state index in [0.29, 0.717) is 61.8 Å². The number of fused-ring (bicyclic) bond motifs is 2. The Morgan fingerprint density at radius 1 is 0.688 bits per heavy atom. The van der Waals surface area contributed by atoms with Gasteiger partial charge in [-0.3, -0.25) is 28.8 Å². The van der Waals surface area contributed by atoms with Crippen LogP contribution in [-0.2, 0) is 73.8 Å². The molecule has 0 spiro atoms. The molecular formula is C50H71N9O21. The molecule has 2 fully saturated rings. The molecule has 2 aromatic carbocycles. The van der Waals surface area contributed by atoms with Crippen molar-refractivity contribution in [3.63, 3.8) is 0 Å². The van der Waals surface area contributed by atoms with Crippen molar-refractivity contribution in [1.29, 1.82) is 0 Å². The van der Waals surface area contributed by atoms with Crippen LogP contribution in [0.2, 0.25) is 0 Å². The number of ether oxygens (including phenoxy) is 3. The predicted octanol–water partition coefficient (Wildman–Crippen LogP) is -2.97. The topological polar surface area (TPSA) is 454 Å². The minimum atomic E-state index is -1.70. The van der Waals surface area contributed by atoms with E-state index in [-0.39, 0.29) is 100 Å². The number of esters is 2. The number of urea groups is 1. The van der Waals surface area contributed by atoms with Crippen LogP contribution in [0.15, 0.2) is 30.3 Å². The van der Waals surface area contributed by atoms with Gasteiger partial charge in [0.2, 0.25) is 17.7 Å². The summed E-state index contributed by atoms with van der Waals surface area (Å²) < 4.78 is 16.0. The fourth-order valence-corrected chi connectivity index (χ4v) is 8.75. The van der Waals surface area contributed by atoms with Crippen LogP contribution >= 0.6 is 0 Å². The molecule has 0 radical (unpaired) electrons. The van der Waals surface area contributed by atoms with Crippen LogP contribution in [0.4, 0.5) is 4.79 Å². The number of nitrogens with zero attached hydrogens (tertiary/aromatic N) is 2. The number of aliphatic hydroxyl groups is 4. The number of hydrogen-bond acceptors (Lipinski definition) is 22. The van der Waals surface area contributed by atoms with Crippen LogP contribution in [0.5, 0.6) is 17.2 Å². The van der Waals surface area contributed by atoms with Gasteiger partial charge < -0.3 is 86.8 Å². The number of carbonyl (C=O) groups is 9. The number of hydrogen-bond donors (Lipinski definition) is 16. The number of aliphatic hydroxyl groups excluding tert-OH is 4. The average Bonchev–Trinajstić information content (AvgIpc) is 3.78. The Morgan fingerprint density at radius 3 is 2.04 bits per heavy atom. The number of carboxylic acids is 3. The number of carbonyl (C=O) groups excluding carboxylic acids is 6. The molecular weight excluding hydrogens is 1060 g/mol. The van der Waals surface area contributed by atoms with Crippen molar-refractivity contribution in [2.45, 2.75) is 146 Å². The monoisotopic (exact) mass is 1130 g/mol. The fraction of sp³-hybridized carbons (Fsp3) is 0.580. The minimum absolute atomic E-state index is 0.00805. The Labute approximate surface area is 458 Å². The Bertz CT molecular complexity index is 2500. The molecule has 5 amide bonds. The van der Waals surface area contributed by atoms with Crippen molar-refractivity contribution in [3.05, 3.63) is 52.6 Å². The smallest absolute Gasteiger partial charge is 0.327 e.